The molecule has 4 aromatic rings. The van der Waals surface area contributed by atoms with Crippen LogP contribution in [0.3, 0.4) is 0 Å². The number of carbonyl (C=O) groups excluding carboxylic acids is 2. The van der Waals surface area contributed by atoms with Gasteiger partial charge in [-0.15, -0.1) is 0 Å². The lowest BCUT2D eigenvalue weighted by Crippen LogP contribution is -2.50. The van der Waals surface area contributed by atoms with Gasteiger partial charge in [-0.05, 0) is 66.1 Å². The van der Waals surface area contributed by atoms with Gasteiger partial charge in [-0.1, -0.05) is 18.2 Å². The number of aliphatic hydroxyl groups excluding tert-OH is 1. The number of rotatable bonds is 9. The van der Waals surface area contributed by atoms with Crippen molar-refractivity contribution < 1.29 is 27.9 Å². The van der Waals surface area contributed by atoms with Gasteiger partial charge >= 0.3 is 0 Å². The monoisotopic (exact) mass is 630 g/mol. The molecule has 2 heterocycles. The molecule has 46 heavy (non-hydrogen) atoms. The Kier molecular flexibility index (Phi) is 9.60. The Morgan fingerprint density at radius 3 is 2.15 bits per heavy atom. The summed E-state index contributed by atoms with van der Waals surface area (Å²) >= 11 is 0. The smallest absolute Gasteiger partial charge is 0.294 e. The first-order valence-corrected chi connectivity index (χ1v) is 14.7. The van der Waals surface area contributed by atoms with E-state index in [9.17, 15) is 32.7 Å². The topological polar surface area (TPSA) is 86.1 Å². The van der Waals surface area contributed by atoms with Crippen LogP contribution < -0.4 is 15.4 Å². The minimum Gasteiger partial charge on any atom is -0.507 e. The number of piperazine rings is 1. The molecule has 1 fully saturated rings. The summed E-state index contributed by atoms with van der Waals surface area (Å²) in [5.74, 6) is -4.72. The number of nitrogens with zero attached hydrogens (tertiary/aromatic N) is 4. The summed E-state index contributed by atoms with van der Waals surface area (Å²) in [5, 5.41) is 10.9. The maximum atomic E-state index is 14.5. The molecule has 0 atom stereocenters. The molecule has 0 aliphatic carbocycles. The van der Waals surface area contributed by atoms with E-state index in [4.69, 9.17) is 0 Å². The highest BCUT2D eigenvalue weighted by molar-refractivity contribution is 6.41. The number of aliphatic hydroxyl groups is 1. The molecule has 8 nitrogen and oxygen atoms in total. The van der Waals surface area contributed by atoms with E-state index in [0.717, 1.165) is 34.1 Å². The van der Waals surface area contributed by atoms with Crippen molar-refractivity contribution >= 4 is 28.8 Å². The summed E-state index contributed by atoms with van der Waals surface area (Å²) in [6.07, 6.45) is 2.06. The Morgan fingerprint density at radius 1 is 0.870 bits per heavy atom. The third kappa shape index (κ3) is 7.48. The molecule has 3 aromatic carbocycles. The number of halogens is 3. The van der Waals surface area contributed by atoms with Crippen molar-refractivity contribution in [3.8, 4) is 0 Å². The van der Waals surface area contributed by atoms with Crippen LogP contribution in [0, 0.1) is 17.5 Å². The van der Waals surface area contributed by atoms with Gasteiger partial charge in [0.05, 0.1) is 12.1 Å². The van der Waals surface area contributed by atoms with Crippen LogP contribution in [0.1, 0.15) is 22.3 Å². The standard InChI is InChI=1S/C35H33F3N4O4/c1-39(2)28-7-9-29(10-8-28)40-11-13-41(14-12-40)35(46)33(44)20-32(43)30-18-24(15-23-16-26(36)19-27(37)17-23)21-42(34(30)45)22-25-5-3-4-6-31(25)38/h3-10,16-21,43H,11-15,22H2,1-2H3/b32-20-. The lowest BCUT2D eigenvalue weighted by atomic mass is 10.0. The fraction of sp³-hybridized carbons (Fsp3) is 0.229. The number of benzene rings is 3. The van der Waals surface area contributed by atoms with Crippen molar-refractivity contribution in [3.63, 3.8) is 0 Å². The molecule has 1 aliphatic rings. The number of amides is 1. The molecule has 11 heteroatoms. The molecule has 0 bridgehead atoms. The third-order valence-corrected chi connectivity index (χ3v) is 7.82. The van der Waals surface area contributed by atoms with Gasteiger partial charge in [0.25, 0.3) is 11.5 Å². The summed E-state index contributed by atoms with van der Waals surface area (Å²) < 4.78 is 43.3. The SMILES string of the molecule is CN(C)c1ccc(N2CCN(C(=O)C(=O)/C=C(\O)c3cc(Cc4cc(F)cc(F)c4)cn(Cc4ccccc4F)c3=O)CC2)cc1. The summed E-state index contributed by atoms with van der Waals surface area (Å²) in [6, 6.07) is 18.1. The largest absolute Gasteiger partial charge is 0.507 e. The second-order valence-electron chi connectivity index (χ2n) is 11.3. The normalized spacial score (nSPS) is 13.5. The van der Waals surface area contributed by atoms with Crippen LogP contribution in [0.25, 0.3) is 5.76 Å². The van der Waals surface area contributed by atoms with Crippen LogP contribution in [0.15, 0.2) is 89.9 Å². The lowest BCUT2D eigenvalue weighted by Gasteiger charge is -2.35. The Hall–Kier alpha value is -5.32. The van der Waals surface area contributed by atoms with Crippen LogP contribution in [-0.4, -0.2) is 66.5 Å². The fourth-order valence-electron chi connectivity index (χ4n) is 5.40. The molecule has 1 saturated heterocycles. The summed E-state index contributed by atoms with van der Waals surface area (Å²) in [7, 11) is 3.91. The lowest BCUT2D eigenvalue weighted by molar-refractivity contribution is -0.142. The molecule has 0 saturated carbocycles. The summed E-state index contributed by atoms with van der Waals surface area (Å²) in [5.41, 5.74) is 1.77. The minimum absolute atomic E-state index is 0.0401. The Morgan fingerprint density at radius 2 is 1.52 bits per heavy atom. The van der Waals surface area contributed by atoms with E-state index in [1.807, 2.05) is 43.3 Å². The predicted octanol–water partition coefficient (Wildman–Crippen LogP) is 4.79. The second kappa shape index (κ2) is 13.8. The zero-order valence-electron chi connectivity index (χ0n) is 25.4. The number of ketones is 1. The molecule has 1 N–H and O–H groups in total. The summed E-state index contributed by atoms with van der Waals surface area (Å²) in [4.78, 5) is 44.9. The highest BCUT2D eigenvalue weighted by Crippen LogP contribution is 2.22. The van der Waals surface area contributed by atoms with Crippen LogP contribution in [0.2, 0.25) is 0 Å². The Bertz CT molecular complexity index is 1830. The highest BCUT2D eigenvalue weighted by Gasteiger charge is 2.26. The molecule has 1 aromatic heterocycles. The van der Waals surface area contributed by atoms with Gasteiger partial charge in [-0.3, -0.25) is 14.4 Å². The van der Waals surface area contributed by atoms with E-state index in [-0.39, 0.29) is 42.7 Å². The van der Waals surface area contributed by atoms with Crippen LogP contribution in [-0.2, 0) is 22.6 Å². The van der Waals surface area contributed by atoms with Crippen molar-refractivity contribution in [2.24, 2.45) is 0 Å². The van der Waals surface area contributed by atoms with Gasteiger partial charge in [-0.2, -0.15) is 0 Å². The molecule has 1 amide bonds. The third-order valence-electron chi connectivity index (χ3n) is 7.82. The van der Waals surface area contributed by atoms with E-state index in [0.29, 0.717) is 24.7 Å². The number of carbonyl (C=O) groups is 2. The van der Waals surface area contributed by atoms with Gasteiger partial charge < -0.3 is 24.4 Å². The van der Waals surface area contributed by atoms with E-state index in [1.54, 1.807) is 6.07 Å². The molecule has 1 aliphatic heterocycles. The van der Waals surface area contributed by atoms with Crippen LogP contribution >= 0.6 is 0 Å². The van der Waals surface area contributed by atoms with E-state index in [1.165, 1.54) is 35.4 Å². The fourth-order valence-corrected chi connectivity index (χ4v) is 5.40. The Labute approximate surface area is 264 Å². The van der Waals surface area contributed by atoms with Crippen molar-refractivity contribution in [2.75, 3.05) is 50.1 Å². The maximum absolute atomic E-state index is 14.5. The number of hydrogen-bond donors (Lipinski definition) is 1. The zero-order chi connectivity index (χ0) is 33.0. The van der Waals surface area contributed by atoms with Crippen molar-refractivity contribution in [2.45, 2.75) is 13.0 Å². The molecule has 0 spiro atoms. The average Bonchev–Trinajstić information content (AvgIpc) is 3.02. The first kappa shape index (κ1) is 32.1. The van der Waals surface area contributed by atoms with E-state index < -0.39 is 40.5 Å². The summed E-state index contributed by atoms with van der Waals surface area (Å²) in [6.45, 7) is 1.35. The predicted molar refractivity (Wildman–Crippen MR) is 171 cm³/mol. The van der Waals surface area contributed by atoms with Gasteiger partial charge in [-0.25, -0.2) is 13.2 Å². The van der Waals surface area contributed by atoms with Crippen LogP contribution in [0.4, 0.5) is 24.5 Å². The van der Waals surface area contributed by atoms with Gasteiger partial charge in [0.2, 0.25) is 5.78 Å². The van der Waals surface area contributed by atoms with Gasteiger partial charge in [0.15, 0.2) is 0 Å². The Balaban J connectivity index is 1.36. The molecule has 238 valence electrons. The number of aromatic nitrogens is 1. The molecule has 5 rings (SSSR count). The maximum Gasteiger partial charge on any atom is 0.294 e. The first-order chi connectivity index (χ1) is 22.0. The van der Waals surface area contributed by atoms with Gasteiger partial charge in [0.1, 0.15) is 23.2 Å². The van der Waals surface area contributed by atoms with E-state index >= 15 is 0 Å². The van der Waals surface area contributed by atoms with Crippen LogP contribution in [0.5, 0.6) is 0 Å². The molecular formula is C35H33F3N4O4. The second-order valence-corrected chi connectivity index (χ2v) is 11.3. The van der Waals surface area contributed by atoms with Crippen molar-refractivity contribution in [1.29, 1.82) is 0 Å². The van der Waals surface area contributed by atoms with Crippen molar-refractivity contribution in [3.05, 3.63) is 135 Å². The molecule has 0 radical (unpaired) electrons. The molecular weight excluding hydrogens is 597 g/mol. The zero-order valence-corrected chi connectivity index (χ0v) is 25.4. The number of anilines is 2. The van der Waals surface area contributed by atoms with Gasteiger partial charge in [0, 0.05) is 75.6 Å². The molecule has 0 unspecified atom stereocenters. The average molecular weight is 631 g/mol. The minimum atomic E-state index is -1.01. The quantitative estimate of drug-likeness (QED) is 0.163. The highest BCUT2D eigenvalue weighted by atomic mass is 19.1. The number of hydrogen-bond acceptors (Lipinski definition) is 6. The van der Waals surface area contributed by atoms with E-state index in [2.05, 4.69) is 4.90 Å². The first-order valence-electron chi connectivity index (χ1n) is 14.7. The number of pyridine rings is 1. The van der Waals surface area contributed by atoms with Crippen molar-refractivity contribution in [1.82, 2.24) is 9.47 Å².